The van der Waals surface area contributed by atoms with Gasteiger partial charge in [-0.1, -0.05) is 30.3 Å². The van der Waals surface area contributed by atoms with E-state index in [1.807, 2.05) is 31.2 Å². The van der Waals surface area contributed by atoms with Crippen LogP contribution in [0.5, 0.6) is 17.2 Å². The Morgan fingerprint density at radius 1 is 1.12 bits per heavy atom. The minimum atomic E-state index is 0.0205. The Labute approximate surface area is 154 Å². The average Bonchev–Trinajstić information content (AvgIpc) is 3.06. The van der Waals surface area contributed by atoms with E-state index in [-0.39, 0.29) is 24.2 Å². The Hall–Kier alpha value is -2.24. The Morgan fingerprint density at radius 2 is 1.85 bits per heavy atom. The molecule has 5 heteroatoms. The van der Waals surface area contributed by atoms with Gasteiger partial charge in [-0.05, 0) is 18.6 Å². The average molecular weight is 357 g/mol. The lowest BCUT2D eigenvalue weighted by atomic mass is 9.87. The van der Waals surface area contributed by atoms with E-state index in [0.717, 1.165) is 30.8 Å². The summed E-state index contributed by atoms with van der Waals surface area (Å²) in [6, 6.07) is 12.2. The van der Waals surface area contributed by atoms with E-state index in [4.69, 9.17) is 9.47 Å². The topological polar surface area (TPSA) is 62.2 Å². The SMILES string of the molecule is COc1cc([C@H]2CN(Cc3ccccc3)C[C@H]2CO)c(O)c(OC)c1C. The molecule has 1 fully saturated rings. The molecule has 0 amide bonds. The molecule has 0 spiro atoms. The van der Waals surface area contributed by atoms with Crippen LogP contribution in [0.2, 0.25) is 0 Å². The van der Waals surface area contributed by atoms with Crippen LogP contribution in [0, 0.1) is 12.8 Å². The molecule has 5 nitrogen and oxygen atoms in total. The van der Waals surface area contributed by atoms with Gasteiger partial charge in [0.05, 0.1) is 14.2 Å². The van der Waals surface area contributed by atoms with Gasteiger partial charge in [-0.3, -0.25) is 4.90 Å². The first-order valence-corrected chi connectivity index (χ1v) is 8.90. The van der Waals surface area contributed by atoms with E-state index < -0.39 is 0 Å². The fraction of sp³-hybridized carbons (Fsp3) is 0.429. The minimum absolute atomic E-state index is 0.0205. The summed E-state index contributed by atoms with van der Waals surface area (Å²) in [6.07, 6.45) is 0. The van der Waals surface area contributed by atoms with Gasteiger partial charge in [0.15, 0.2) is 11.5 Å². The van der Waals surface area contributed by atoms with Gasteiger partial charge in [-0.25, -0.2) is 0 Å². The van der Waals surface area contributed by atoms with Crippen molar-refractivity contribution in [2.75, 3.05) is 33.9 Å². The maximum Gasteiger partial charge on any atom is 0.167 e. The molecule has 0 saturated carbocycles. The summed E-state index contributed by atoms with van der Waals surface area (Å²) < 4.78 is 10.9. The number of nitrogens with zero attached hydrogens (tertiary/aromatic N) is 1. The maximum atomic E-state index is 10.8. The van der Waals surface area contributed by atoms with Crippen LogP contribution in [-0.4, -0.2) is 49.0 Å². The zero-order chi connectivity index (χ0) is 18.7. The van der Waals surface area contributed by atoms with Crippen LogP contribution in [-0.2, 0) is 6.54 Å². The van der Waals surface area contributed by atoms with E-state index in [1.54, 1.807) is 14.2 Å². The van der Waals surface area contributed by atoms with Crippen LogP contribution in [0.3, 0.4) is 0 Å². The smallest absolute Gasteiger partial charge is 0.167 e. The van der Waals surface area contributed by atoms with Crippen LogP contribution in [0.4, 0.5) is 0 Å². The summed E-state index contributed by atoms with van der Waals surface area (Å²) in [5.41, 5.74) is 2.79. The standard InChI is InChI=1S/C21H27NO4/c1-14-19(25-2)9-17(20(24)21(14)26-3)18-12-22(11-16(18)13-23)10-15-7-5-4-6-8-15/h4-9,16,18,23-24H,10-13H2,1-3H3/t16-,18-/m0/s1. The molecule has 0 aliphatic carbocycles. The third-order valence-corrected chi connectivity index (χ3v) is 5.31. The lowest BCUT2D eigenvalue weighted by molar-refractivity contribution is 0.213. The van der Waals surface area contributed by atoms with Crippen molar-refractivity contribution < 1.29 is 19.7 Å². The van der Waals surface area contributed by atoms with Crippen LogP contribution >= 0.6 is 0 Å². The largest absolute Gasteiger partial charge is 0.504 e. The molecule has 2 N–H and O–H groups in total. The van der Waals surface area contributed by atoms with Gasteiger partial charge in [0, 0.05) is 49.2 Å². The molecule has 2 atom stereocenters. The van der Waals surface area contributed by atoms with E-state index in [1.165, 1.54) is 5.56 Å². The van der Waals surface area contributed by atoms with Crippen LogP contribution in [0.1, 0.15) is 22.6 Å². The van der Waals surface area contributed by atoms with Crippen LogP contribution in [0.25, 0.3) is 0 Å². The molecule has 26 heavy (non-hydrogen) atoms. The molecule has 2 aromatic rings. The second-order valence-electron chi connectivity index (χ2n) is 6.90. The normalized spacial score (nSPS) is 20.3. The summed E-state index contributed by atoms with van der Waals surface area (Å²) in [7, 11) is 3.16. The Kier molecular flexibility index (Phi) is 5.69. The number of phenolic OH excluding ortho intramolecular Hbond substituents is 1. The van der Waals surface area contributed by atoms with Gasteiger partial charge in [-0.15, -0.1) is 0 Å². The Morgan fingerprint density at radius 3 is 2.46 bits per heavy atom. The summed E-state index contributed by atoms with van der Waals surface area (Å²) >= 11 is 0. The zero-order valence-electron chi connectivity index (χ0n) is 15.6. The second kappa shape index (κ2) is 7.98. The van der Waals surface area contributed by atoms with E-state index in [0.29, 0.717) is 11.5 Å². The van der Waals surface area contributed by atoms with Gasteiger partial charge in [0.25, 0.3) is 0 Å². The lowest BCUT2D eigenvalue weighted by Gasteiger charge is -2.22. The van der Waals surface area contributed by atoms with Crippen molar-refractivity contribution in [1.29, 1.82) is 0 Å². The first kappa shape index (κ1) is 18.5. The van der Waals surface area contributed by atoms with Crippen molar-refractivity contribution in [3.05, 3.63) is 53.1 Å². The number of aliphatic hydroxyl groups excluding tert-OH is 1. The number of phenols is 1. The van der Waals surface area contributed by atoms with E-state index in [2.05, 4.69) is 17.0 Å². The summed E-state index contributed by atoms with van der Waals surface area (Å²) in [5, 5.41) is 20.7. The Bertz CT molecular complexity index is 747. The minimum Gasteiger partial charge on any atom is -0.504 e. The highest BCUT2D eigenvalue weighted by molar-refractivity contribution is 5.58. The fourth-order valence-corrected chi connectivity index (χ4v) is 3.95. The monoisotopic (exact) mass is 357 g/mol. The third-order valence-electron chi connectivity index (χ3n) is 5.31. The van der Waals surface area contributed by atoms with E-state index in [9.17, 15) is 10.2 Å². The highest BCUT2D eigenvalue weighted by Crippen LogP contribution is 2.46. The molecule has 1 aliphatic heterocycles. The fourth-order valence-electron chi connectivity index (χ4n) is 3.95. The van der Waals surface area contributed by atoms with Gasteiger partial charge in [0.1, 0.15) is 5.75 Å². The van der Waals surface area contributed by atoms with Crippen molar-refractivity contribution >= 4 is 0 Å². The number of rotatable bonds is 6. The predicted molar refractivity (Wildman–Crippen MR) is 101 cm³/mol. The van der Waals surface area contributed by atoms with Crippen molar-refractivity contribution in [2.24, 2.45) is 5.92 Å². The van der Waals surface area contributed by atoms with E-state index >= 15 is 0 Å². The molecule has 2 aromatic carbocycles. The van der Waals surface area contributed by atoms with Gasteiger partial charge < -0.3 is 19.7 Å². The lowest BCUT2D eigenvalue weighted by Crippen LogP contribution is -2.20. The first-order chi connectivity index (χ1) is 12.6. The summed E-state index contributed by atoms with van der Waals surface area (Å²) in [4.78, 5) is 2.32. The molecular weight excluding hydrogens is 330 g/mol. The zero-order valence-corrected chi connectivity index (χ0v) is 15.6. The number of hydrogen-bond donors (Lipinski definition) is 2. The number of ether oxygens (including phenoxy) is 2. The molecule has 0 aromatic heterocycles. The quantitative estimate of drug-likeness (QED) is 0.832. The molecule has 1 heterocycles. The van der Waals surface area contributed by atoms with Gasteiger partial charge >= 0.3 is 0 Å². The number of benzene rings is 2. The molecule has 3 rings (SSSR count). The van der Waals surface area contributed by atoms with Gasteiger partial charge in [-0.2, -0.15) is 0 Å². The van der Waals surface area contributed by atoms with Crippen molar-refractivity contribution in [3.8, 4) is 17.2 Å². The number of likely N-dealkylation sites (tertiary alicyclic amines) is 1. The molecule has 1 saturated heterocycles. The van der Waals surface area contributed by atoms with Crippen molar-refractivity contribution in [3.63, 3.8) is 0 Å². The van der Waals surface area contributed by atoms with Gasteiger partial charge in [0.2, 0.25) is 0 Å². The van der Waals surface area contributed by atoms with Crippen LogP contribution in [0.15, 0.2) is 36.4 Å². The second-order valence-corrected chi connectivity index (χ2v) is 6.90. The predicted octanol–water partition coefficient (Wildman–Crippen LogP) is 2.93. The molecule has 0 bridgehead atoms. The highest BCUT2D eigenvalue weighted by atomic mass is 16.5. The molecule has 0 radical (unpaired) electrons. The van der Waals surface area contributed by atoms with Crippen LogP contribution < -0.4 is 9.47 Å². The first-order valence-electron chi connectivity index (χ1n) is 8.90. The molecule has 0 unspecified atom stereocenters. The summed E-state index contributed by atoms with van der Waals surface area (Å²) in [6.45, 7) is 4.32. The number of aromatic hydroxyl groups is 1. The number of aliphatic hydroxyl groups is 1. The van der Waals surface area contributed by atoms with Crippen molar-refractivity contribution in [1.82, 2.24) is 4.90 Å². The highest BCUT2D eigenvalue weighted by Gasteiger charge is 2.36. The molecular formula is C21H27NO4. The van der Waals surface area contributed by atoms with Crippen molar-refractivity contribution in [2.45, 2.75) is 19.4 Å². The molecule has 1 aliphatic rings. The number of methoxy groups -OCH3 is 2. The third kappa shape index (κ3) is 3.50. The summed E-state index contributed by atoms with van der Waals surface area (Å²) in [5.74, 6) is 1.36. The Balaban J connectivity index is 1.90. The number of hydrogen-bond acceptors (Lipinski definition) is 5. The maximum absolute atomic E-state index is 10.8. The molecule has 140 valence electrons.